The summed E-state index contributed by atoms with van der Waals surface area (Å²) >= 11 is 0. The summed E-state index contributed by atoms with van der Waals surface area (Å²) < 4.78 is 0. The average Bonchev–Trinajstić information content (AvgIpc) is 3.11. The molecule has 0 fully saturated rings. The van der Waals surface area contributed by atoms with Crippen molar-refractivity contribution in [3.63, 3.8) is 0 Å². The van der Waals surface area contributed by atoms with E-state index in [1.165, 1.54) is 0 Å². The van der Waals surface area contributed by atoms with E-state index in [2.05, 4.69) is 15.6 Å². The van der Waals surface area contributed by atoms with Crippen LogP contribution in [-0.2, 0) is 25.6 Å². The van der Waals surface area contributed by atoms with Gasteiger partial charge in [-0.3, -0.25) is 14.4 Å². The Hall–Kier alpha value is -3.40. The molecule has 0 aliphatic heterocycles. The molecule has 0 radical (unpaired) electrons. The van der Waals surface area contributed by atoms with E-state index in [9.17, 15) is 24.3 Å². The second-order valence-corrected chi connectivity index (χ2v) is 7.80. The van der Waals surface area contributed by atoms with Gasteiger partial charge in [0.25, 0.3) is 0 Å². The number of carbonyl (C=O) groups excluding carboxylic acids is 3. The molecule has 10 heteroatoms. The van der Waals surface area contributed by atoms with Crippen molar-refractivity contribution < 1.29 is 24.3 Å². The molecular formula is C21H29N5O5. The minimum absolute atomic E-state index is 0.0475. The van der Waals surface area contributed by atoms with Gasteiger partial charge in [0.1, 0.15) is 12.1 Å². The number of rotatable bonds is 11. The molecule has 3 amide bonds. The molecule has 2 aromatic rings. The van der Waals surface area contributed by atoms with Crippen LogP contribution in [0.2, 0.25) is 0 Å². The Morgan fingerprint density at radius 2 is 1.77 bits per heavy atom. The lowest BCUT2D eigenvalue weighted by molar-refractivity contribution is -0.142. The third-order valence-corrected chi connectivity index (χ3v) is 5.00. The topological polar surface area (TPSA) is 180 Å². The van der Waals surface area contributed by atoms with Crippen molar-refractivity contribution in [1.29, 1.82) is 0 Å². The number of aliphatic carboxylic acids is 1. The third-order valence-electron chi connectivity index (χ3n) is 5.00. The predicted octanol–water partition coefficient (Wildman–Crippen LogP) is 0.0134. The van der Waals surface area contributed by atoms with Gasteiger partial charge in [0.15, 0.2) is 0 Å². The van der Waals surface area contributed by atoms with Gasteiger partial charge >= 0.3 is 5.97 Å². The first-order valence-corrected chi connectivity index (χ1v) is 10.0. The normalized spacial score (nSPS) is 14.1. The van der Waals surface area contributed by atoms with Crippen molar-refractivity contribution in [3.8, 4) is 0 Å². The number of benzene rings is 1. The van der Waals surface area contributed by atoms with Gasteiger partial charge in [0, 0.05) is 29.9 Å². The number of carbonyl (C=O) groups is 4. The van der Waals surface area contributed by atoms with Gasteiger partial charge in [-0.1, -0.05) is 32.0 Å². The highest BCUT2D eigenvalue weighted by molar-refractivity contribution is 5.92. The number of fused-ring (bicyclic) bond motifs is 1. The highest BCUT2D eigenvalue weighted by Crippen LogP contribution is 2.19. The summed E-state index contributed by atoms with van der Waals surface area (Å²) in [5.41, 5.74) is 12.4. The maximum Gasteiger partial charge on any atom is 0.326 e. The van der Waals surface area contributed by atoms with Crippen molar-refractivity contribution in [2.24, 2.45) is 17.4 Å². The van der Waals surface area contributed by atoms with Crippen LogP contribution in [-0.4, -0.2) is 51.9 Å². The zero-order valence-corrected chi connectivity index (χ0v) is 17.6. The molecule has 3 atom stereocenters. The molecule has 0 saturated carbocycles. The predicted molar refractivity (Wildman–Crippen MR) is 115 cm³/mol. The quantitative estimate of drug-likeness (QED) is 0.291. The minimum Gasteiger partial charge on any atom is -0.480 e. The Morgan fingerprint density at radius 3 is 2.39 bits per heavy atom. The van der Waals surface area contributed by atoms with Gasteiger partial charge in [-0.2, -0.15) is 0 Å². The largest absolute Gasteiger partial charge is 0.480 e. The van der Waals surface area contributed by atoms with Crippen molar-refractivity contribution in [2.75, 3.05) is 0 Å². The SMILES string of the molecule is CC(C)C(NC(=O)C(N)CCC(N)=O)C(=O)NC(Cc1c[nH]c2ccccc12)C(=O)O. The van der Waals surface area contributed by atoms with E-state index < -0.39 is 41.8 Å². The lowest BCUT2D eigenvalue weighted by Crippen LogP contribution is -2.56. The molecule has 0 bridgehead atoms. The van der Waals surface area contributed by atoms with Gasteiger partial charge < -0.3 is 32.2 Å². The van der Waals surface area contributed by atoms with E-state index in [1.807, 2.05) is 24.3 Å². The number of hydrogen-bond donors (Lipinski definition) is 6. The Bertz CT molecular complexity index is 955. The molecule has 0 spiro atoms. The van der Waals surface area contributed by atoms with Crippen molar-refractivity contribution in [1.82, 2.24) is 15.6 Å². The number of nitrogens with one attached hydrogen (secondary N) is 3. The molecule has 31 heavy (non-hydrogen) atoms. The standard InChI is InChI=1S/C21H29N5O5/c1-11(2)18(26-19(28)14(22)7-8-17(23)27)20(29)25-16(21(30)31)9-12-10-24-15-6-4-3-5-13(12)15/h3-6,10-11,14,16,18,24H,7-9,22H2,1-2H3,(H2,23,27)(H,25,29)(H,26,28)(H,30,31). The van der Waals surface area contributed by atoms with Gasteiger partial charge in [0.2, 0.25) is 17.7 Å². The van der Waals surface area contributed by atoms with Crippen LogP contribution >= 0.6 is 0 Å². The highest BCUT2D eigenvalue weighted by Gasteiger charge is 2.30. The average molecular weight is 431 g/mol. The summed E-state index contributed by atoms with van der Waals surface area (Å²) in [6, 6.07) is 4.27. The number of aromatic nitrogens is 1. The van der Waals surface area contributed by atoms with Crippen LogP contribution in [0.25, 0.3) is 10.9 Å². The molecule has 0 aliphatic rings. The van der Waals surface area contributed by atoms with E-state index in [1.54, 1.807) is 20.0 Å². The van der Waals surface area contributed by atoms with E-state index >= 15 is 0 Å². The van der Waals surface area contributed by atoms with Gasteiger partial charge in [-0.25, -0.2) is 4.79 Å². The number of carboxylic acid groups (broad SMARTS) is 1. The van der Waals surface area contributed by atoms with E-state index in [0.717, 1.165) is 16.5 Å². The smallest absolute Gasteiger partial charge is 0.326 e. The molecule has 3 unspecified atom stereocenters. The van der Waals surface area contributed by atoms with Crippen LogP contribution < -0.4 is 22.1 Å². The summed E-state index contributed by atoms with van der Waals surface area (Å²) in [5.74, 6) is -3.33. The molecule has 0 aliphatic carbocycles. The number of nitrogens with two attached hydrogens (primary N) is 2. The fourth-order valence-corrected chi connectivity index (χ4v) is 3.21. The molecule has 1 aromatic carbocycles. The number of primary amides is 1. The van der Waals surface area contributed by atoms with Crippen LogP contribution in [0.15, 0.2) is 30.5 Å². The minimum atomic E-state index is -1.19. The Balaban J connectivity index is 2.08. The molecular weight excluding hydrogens is 402 g/mol. The van der Waals surface area contributed by atoms with Crippen molar-refractivity contribution in [3.05, 3.63) is 36.0 Å². The van der Waals surface area contributed by atoms with Crippen molar-refractivity contribution >= 4 is 34.6 Å². The summed E-state index contributed by atoms with van der Waals surface area (Å²) in [5, 5.41) is 15.6. The fraction of sp³-hybridized carbons (Fsp3) is 0.429. The monoisotopic (exact) mass is 431 g/mol. The number of carboxylic acids is 1. The summed E-state index contributed by atoms with van der Waals surface area (Å²) in [6.07, 6.45) is 1.78. The second-order valence-electron chi connectivity index (χ2n) is 7.80. The Kier molecular flexibility index (Phi) is 8.14. The Labute approximate surface area is 179 Å². The van der Waals surface area contributed by atoms with Crippen LogP contribution in [0.3, 0.4) is 0 Å². The number of amides is 3. The lowest BCUT2D eigenvalue weighted by atomic mass is 10.0. The number of aromatic amines is 1. The number of H-pyrrole nitrogens is 1. The molecule has 10 nitrogen and oxygen atoms in total. The van der Waals surface area contributed by atoms with Crippen molar-refractivity contribution in [2.45, 2.75) is 51.2 Å². The molecule has 0 saturated heterocycles. The first kappa shape index (κ1) is 23.9. The van der Waals surface area contributed by atoms with Gasteiger partial charge in [0.05, 0.1) is 6.04 Å². The highest BCUT2D eigenvalue weighted by atomic mass is 16.4. The zero-order valence-electron chi connectivity index (χ0n) is 17.6. The Morgan fingerprint density at radius 1 is 1.10 bits per heavy atom. The molecule has 168 valence electrons. The summed E-state index contributed by atoms with van der Waals surface area (Å²) in [6.45, 7) is 3.43. The first-order chi connectivity index (χ1) is 14.6. The zero-order chi connectivity index (χ0) is 23.1. The van der Waals surface area contributed by atoms with Crippen LogP contribution in [0, 0.1) is 5.92 Å². The first-order valence-electron chi connectivity index (χ1n) is 10.0. The van der Waals surface area contributed by atoms with Crippen LogP contribution in [0.5, 0.6) is 0 Å². The van der Waals surface area contributed by atoms with Gasteiger partial charge in [-0.05, 0) is 24.0 Å². The molecule has 8 N–H and O–H groups in total. The van der Waals surface area contributed by atoms with E-state index in [0.29, 0.717) is 0 Å². The maximum atomic E-state index is 12.8. The van der Waals surface area contributed by atoms with Gasteiger partial charge in [-0.15, -0.1) is 0 Å². The number of para-hydroxylation sites is 1. The number of hydrogen-bond acceptors (Lipinski definition) is 5. The van der Waals surface area contributed by atoms with E-state index in [-0.39, 0.29) is 25.2 Å². The third kappa shape index (κ3) is 6.54. The van der Waals surface area contributed by atoms with Crippen LogP contribution in [0.1, 0.15) is 32.3 Å². The summed E-state index contributed by atoms with van der Waals surface area (Å²) in [4.78, 5) is 50.9. The summed E-state index contributed by atoms with van der Waals surface area (Å²) in [7, 11) is 0. The molecule has 2 rings (SSSR count). The maximum absolute atomic E-state index is 12.8. The van der Waals surface area contributed by atoms with E-state index in [4.69, 9.17) is 11.5 Å². The van der Waals surface area contributed by atoms with Crippen LogP contribution in [0.4, 0.5) is 0 Å². The fourth-order valence-electron chi connectivity index (χ4n) is 3.21. The molecule has 1 aromatic heterocycles. The lowest BCUT2D eigenvalue weighted by Gasteiger charge is -2.25. The second kappa shape index (κ2) is 10.6. The molecule has 1 heterocycles.